The maximum Gasteiger partial charge on any atom is 0.227 e. The Balaban J connectivity index is 1.54. The summed E-state index contributed by atoms with van der Waals surface area (Å²) in [5.74, 6) is 0.364. The minimum Gasteiger partial charge on any atom is -0.342 e. The van der Waals surface area contributed by atoms with Gasteiger partial charge in [-0.25, -0.2) is 0 Å². The number of piperidine rings is 1. The molecule has 1 aliphatic rings. The molecule has 0 unspecified atom stereocenters. The van der Waals surface area contributed by atoms with Crippen molar-refractivity contribution in [1.29, 1.82) is 0 Å². The van der Waals surface area contributed by atoms with Gasteiger partial charge in [0.25, 0.3) is 0 Å². The van der Waals surface area contributed by atoms with Crippen LogP contribution in [0.15, 0.2) is 54.6 Å². The fourth-order valence-corrected chi connectivity index (χ4v) is 3.90. The highest BCUT2D eigenvalue weighted by molar-refractivity contribution is 5.82. The average molecular weight is 393 g/mol. The molecule has 4 nitrogen and oxygen atoms in total. The lowest BCUT2D eigenvalue weighted by atomic mass is 9.90. The summed E-state index contributed by atoms with van der Waals surface area (Å²) in [5, 5.41) is 0. The first-order valence-electron chi connectivity index (χ1n) is 10.4. The first kappa shape index (κ1) is 21.1. The first-order chi connectivity index (χ1) is 13.8. The van der Waals surface area contributed by atoms with Gasteiger partial charge in [0.1, 0.15) is 0 Å². The highest BCUT2D eigenvalue weighted by atomic mass is 16.2. The van der Waals surface area contributed by atoms with Gasteiger partial charge < -0.3 is 9.80 Å². The molecule has 0 saturated carbocycles. The minimum absolute atomic E-state index is 0.00705. The molecule has 1 saturated heterocycles. The van der Waals surface area contributed by atoms with Crippen molar-refractivity contribution in [3.63, 3.8) is 0 Å². The van der Waals surface area contributed by atoms with E-state index < -0.39 is 0 Å². The fraction of sp³-hybridized carbons (Fsp3) is 0.440. The molecule has 29 heavy (non-hydrogen) atoms. The van der Waals surface area contributed by atoms with Gasteiger partial charge in [-0.1, -0.05) is 75.4 Å². The molecule has 0 aromatic heterocycles. The smallest absolute Gasteiger partial charge is 0.227 e. The molecule has 0 bridgehead atoms. The number of hydrogen-bond acceptors (Lipinski definition) is 2. The van der Waals surface area contributed by atoms with Crippen LogP contribution in [0.3, 0.4) is 0 Å². The Morgan fingerprint density at radius 1 is 0.931 bits per heavy atom. The van der Waals surface area contributed by atoms with Crippen molar-refractivity contribution in [3.05, 3.63) is 60.2 Å². The van der Waals surface area contributed by atoms with Crippen LogP contribution < -0.4 is 0 Å². The lowest BCUT2D eigenvalue weighted by Crippen LogP contribution is -2.46. The van der Waals surface area contributed by atoms with Gasteiger partial charge in [0, 0.05) is 38.0 Å². The number of carbonyl (C=O) groups is 2. The van der Waals surface area contributed by atoms with Gasteiger partial charge in [-0.3, -0.25) is 9.59 Å². The Labute approximate surface area is 174 Å². The van der Waals surface area contributed by atoms with Gasteiger partial charge in [-0.2, -0.15) is 0 Å². The van der Waals surface area contributed by atoms with Crippen molar-refractivity contribution in [2.24, 2.45) is 11.3 Å². The van der Waals surface area contributed by atoms with Crippen LogP contribution in [-0.4, -0.2) is 41.8 Å². The molecule has 1 heterocycles. The molecule has 4 heteroatoms. The summed E-state index contributed by atoms with van der Waals surface area (Å²) in [6, 6.07) is 18.7. The van der Waals surface area contributed by atoms with Gasteiger partial charge in [-0.15, -0.1) is 0 Å². The maximum atomic E-state index is 12.9. The molecule has 2 amide bonds. The Morgan fingerprint density at radius 2 is 1.48 bits per heavy atom. The van der Waals surface area contributed by atoms with Crippen LogP contribution in [0.25, 0.3) is 11.1 Å². The molecule has 2 aromatic carbocycles. The maximum absolute atomic E-state index is 12.9. The van der Waals surface area contributed by atoms with Crippen LogP contribution in [0.2, 0.25) is 0 Å². The van der Waals surface area contributed by atoms with Crippen molar-refractivity contribution in [2.45, 2.75) is 40.2 Å². The van der Waals surface area contributed by atoms with E-state index >= 15 is 0 Å². The van der Waals surface area contributed by atoms with Gasteiger partial charge >= 0.3 is 0 Å². The van der Waals surface area contributed by atoms with E-state index in [0.29, 0.717) is 19.6 Å². The lowest BCUT2D eigenvalue weighted by molar-refractivity contribution is -0.144. The van der Waals surface area contributed by atoms with Crippen molar-refractivity contribution in [2.75, 3.05) is 20.1 Å². The number of carbonyl (C=O) groups excluding carboxylic acids is 2. The largest absolute Gasteiger partial charge is 0.342 e. The molecule has 154 valence electrons. The molecule has 0 N–H and O–H groups in total. The minimum atomic E-state index is -0.362. The van der Waals surface area contributed by atoms with E-state index in [-0.39, 0.29) is 23.1 Å². The quantitative estimate of drug-likeness (QED) is 0.763. The van der Waals surface area contributed by atoms with E-state index in [9.17, 15) is 9.59 Å². The number of amides is 2. The molecule has 0 spiro atoms. The van der Waals surface area contributed by atoms with Crippen LogP contribution in [0.4, 0.5) is 0 Å². The SMILES string of the molecule is CN(Cc1ccc(-c2ccccc2)cc1)C(=O)C1CCN(C(=O)C(C)(C)C)CC1. The highest BCUT2D eigenvalue weighted by Crippen LogP contribution is 2.25. The third-order valence-electron chi connectivity index (χ3n) is 5.63. The molecular weight excluding hydrogens is 360 g/mol. The third kappa shape index (κ3) is 5.26. The van der Waals surface area contributed by atoms with E-state index in [2.05, 4.69) is 36.4 Å². The summed E-state index contributed by atoms with van der Waals surface area (Å²) < 4.78 is 0. The second-order valence-corrected chi connectivity index (χ2v) is 9.07. The second kappa shape index (κ2) is 8.81. The summed E-state index contributed by atoms with van der Waals surface area (Å²) in [6.45, 7) is 7.80. The Kier molecular flexibility index (Phi) is 6.41. The van der Waals surface area contributed by atoms with E-state index in [1.807, 2.05) is 55.8 Å². The number of rotatable bonds is 4. The van der Waals surface area contributed by atoms with Crippen LogP contribution in [0.1, 0.15) is 39.2 Å². The molecule has 2 aromatic rings. The van der Waals surface area contributed by atoms with Crippen molar-refractivity contribution in [1.82, 2.24) is 9.80 Å². The summed E-state index contributed by atoms with van der Waals surface area (Å²) >= 11 is 0. The van der Waals surface area contributed by atoms with Gasteiger partial charge in [0.15, 0.2) is 0 Å². The van der Waals surface area contributed by atoms with E-state index in [1.54, 1.807) is 0 Å². The Morgan fingerprint density at radius 3 is 2.03 bits per heavy atom. The molecular formula is C25H32N2O2. The van der Waals surface area contributed by atoms with Gasteiger partial charge in [0.05, 0.1) is 0 Å². The predicted octanol–water partition coefficient (Wildman–Crippen LogP) is 4.60. The monoisotopic (exact) mass is 392 g/mol. The average Bonchev–Trinajstić information content (AvgIpc) is 2.73. The fourth-order valence-electron chi connectivity index (χ4n) is 3.90. The van der Waals surface area contributed by atoms with E-state index in [1.165, 1.54) is 11.1 Å². The zero-order valence-electron chi connectivity index (χ0n) is 18.0. The molecule has 3 rings (SSSR count). The first-order valence-corrected chi connectivity index (χ1v) is 10.4. The third-order valence-corrected chi connectivity index (χ3v) is 5.63. The van der Waals surface area contributed by atoms with Crippen molar-refractivity contribution < 1.29 is 9.59 Å². The standard InChI is InChI=1S/C25H32N2O2/c1-25(2,3)24(29)27-16-14-22(15-17-27)23(28)26(4)18-19-10-12-21(13-11-19)20-8-6-5-7-9-20/h5-13,22H,14-18H2,1-4H3. The topological polar surface area (TPSA) is 40.6 Å². The van der Waals surface area contributed by atoms with Crippen LogP contribution in [0.5, 0.6) is 0 Å². The molecule has 0 radical (unpaired) electrons. The van der Waals surface area contributed by atoms with E-state index in [0.717, 1.165) is 18.4 Å². The van der Waals surface area contributed by atoms with Gasteiger partial charge in [0.2, 0.25) is 11.8 Å². The zero-order valence-corrected chi connectivity index (χ0v) is 18.0. The lowest BCUT2D eigenvalue weighted by Gasteiger charge is -2.36. The second-order valence-electron chi connectivity index (χ2n) is 9.07. The van der Waals surface area contributed by atoms with Crippen molar-refractivity contribution >= 4 is 11.8 Å². The number of likely N-dealkylation sites (tertiary alicyclic amines) is 1. The number of hydrogen-bond donors (Lipinski definition) is 0. The zero-order chi connectivity index (χ0) is 21.0. The molecule has 0 aliphatic carbocycles. The summed E-state index contributed by atoms with van der Waals surface area (Å²) in [4.78, 5) is 29.1. The highest BCUT2D eigenvalue weighted by Gasteiger charge is 2.33. The number of nitrogens with zero attached hydrogens (tertiary/aromatic N) is 2. The number of benzene rings is 2. The van der Waals surface area contributed by atoms with Crippen LogP contribution in [-0.2, 0) is 16.1 Å². The Bertz CT molecular complexity index is 829. The molecule has 1 aliphatic heterocycles. The molecule has 0 atom stereocenters. The van der Waals surface area contributed by atoms with Crippen LogP contribution in [0, 0.1) is 11.3 Å². The predicted molar refractivity (Wildman–Crippen MR) is 117 cm³/mol. The van der Waals surface area contributed by atoms with Gasteiger partial charge in [-0.05, 0) is 29.5 Å². The van der Waals surface area contributed by atoms with Crippen LogP contribution >= 0.6 is 0 Å². The summed E-state index contributed by atoms with van der Waals surface area (Å²) in [6.07, 6.45) is 1.50. The van der Waals surface area contributed by atoms with E-state index in [4.69, 9.17) is 0 Å². The summed E-state index contributed by atoms with van der Waals surface area (Å²) in [5.41, 5.74) is 3.14. The molecule has 1 fully saturated rings. The Hall–Kier alpha value is -2.62. The normalized spacial score (nSPS) is 15.2. The van der Waals surface area contributed by atoms with Crippen molar-refractivity contribution in [3.8, 4) is 11.1 Å². The summed E-state index contributed by atoms with van der Waals surface area (Å²) in [7, 11) is 1.88.